The molecule has 1 unspecified atom stereocenters. The molecule has 1 atom stereocenters. The quantitative estimate of drug-likeness (QED) is 0.725. The van der Waals surface area contributed by atoms with E-state index in [9.17, 15) is 4.79 Å². The number of carbonyl (C=O) groups excluding carboxylic acids is 1. The Morgan fingerprint density at radius 1 is 1.44 bits per heavy atom. The minimum absolute atomic E-state index is 0.0728. The summed E-state index contributed by atoms with van der Waals surface area (Å²) >= 11 is 0. The zero-order chi connectivity index (χ0) is 11.5. The molecule has 1 aromatic rings. The molecule has 0 N–H and O–H groups in total. The lowest BCUT2D eigenvalue weighted by molar-refractivity contribution is 0.0655. The van der Waals surface area contributed by atoms with Gasteiger partial charge in [-0.05, 0) is 37.3 Å². The van der Waals surface area contributed by atoms with Crippen LogP contribution in [0.4, 0.5) is 0 Å². The number of Topliss-reactive ketones (excluding diaryl/α,β-unsaturated/α-hetero) is 1. The first-order chi connectivity index (χ1) is 7.72. The Morgan fingerprint density at radius 3 is 2.75 bits per heavy atom. The maximum absolute atomic E-state index is 11.9. The molecule has 16 heavy (non-hydrogen) atoms. The average Bonchev–Trinajstić information content (AvgIpc) is 2.25. The summed E-state index contributed by atoms with van der Waals surface area (Å²) < 4.78 is 5.06. The molecular weight excluding hydrogens is 200 g/mol. The third kappa shape index (κ3) is 2.17. The largest absolute Gasteiger partial charge is 0.374 e. The SMILES string of the molecule is COC(C)C(=O)c1cccc(C2CCC2)c1. The Kier molecular flexibility index (Phi) is 3.39. The monoisotopic (exact) mass is 218 g/mol. The highest BCUT2D eigenvalue weighted by Gasteiger charge is 2.21. The van der Waals surface area contributed by atoms with E-state index in [0.717, 1.165) is 5.56 Å². The van der Waals surface area contributed by atoms with Crippen LogP contribution >= 0.6 is 0 Å². The van der Waals surface area contributed by atoms with Crippen molar-refractivity contribution in [2.75, 3.05) is 7.11 Å². The molecule has 0 aromatic heterocycles. The molecule has 0 bridgehead atoms. The third-order valence-corrected chi connectivity index (χ3v) is 3.47. The molecule has 0 amide bonds. The van der Waals surface area contributed by atoms with Gasteiger partial charge >= 0.3 is 0 Å². The summed E-state index contributed by atoms with van der Waals surface area (Å²) in [5, 5.41) is 0. The Balaban J connectivity index is 2.18. The molecule has 1 aliphatic rings. The number of hydrogen-bond acceptors (Lipinski definition) is 2. The lowest BCUT2D eigenvalue weighted by Gasteiger charge is -2.26. The number of rotatable bonds is 4. The summed E-state index contributed by atoms with van der Waals surface area (Å²) in [4.78, 5) is 11.9. The van der Waals surface area contributed by atoms with Gasteiger partial charge in [-0.2, -0.15) is 0 Å². The van der Waals surface area contributed by atoms with Crippen LogP contribution in [0.15, 0.2) is 24.3 Å². The second kappa shape index (κ2) is 4.79. The Hall–Kier alpha value is -1.15. The van der Waals surface area contributed by atoms with Crippen molar-refractivity contribution >= 4 is 5.78 Å². The van der Waals surface area contributed by atoms with Gasteiger partial charge in [0, 0.05) is 12.7 Å². The van der Waals surface area contributed by atoms with Crippen molar-refractivity contribution in [1.82, 2.24) is 0 Å². The van der Waals surface area contributed by atoms with E-state index in [2.05, 4.69) is 6.07 Å². The zero-order valence-electron chi connectivity index (χ0n) is 9.90. The van der Waals surface area contributed by atoms with Gasteiger partial charge in [0.15, 0.2) is 5.78 Å². The van der Waals surface area contributed by atoms with Gasteiger partial charge in [-0.25, -0.2) is 0 Å². The molecule has 2 rings (SSSR count). The van der Waals surface area contributed by atoms with Gasteiger partial charge in [0.25, 0.3) is 0 Å². The predicted octanol–water partition coefficient (Wildman–Crippen LogP) is 3.17. The minimum Gasteiger partial charge on any atom is -0.374 e. The lowest BCUT2D eigenvalue weighted by Crippen LogP contribution is -2.19. The van der Waals surface area contributed by atoms with Crippen LogP contribution in [0.2, 0.25) is 0 Å². The van der Waals surface area contributed by atoms with Crippen LogP contribution in [-0.2, 0) is 4.74 Å². The molecule has 1 saturated carbocycles. The summed E-state index contributed by atoms with van der Waals surface area (Å²) in [6.45, 7) is 1.79. The van der Waals surface area contributed by atoms with Crippen molar-refractivity contribution in [1.29, 1.82) is 0 Å². The highest BCUT2D eigenvalue weighted by atomic mass is 16.5. The molecular formula is C14H18O2. The number of ether oxygens (including phenoxy) is 1. The normalized spacial score (nSPS) is 17.9. The predicted molar refractivity (Wildman–Crippen MR) is 63.8 cm³/mol. The van der Waals surface area contributed by atoms with Crippen LogP contribution in [0.5, 0.6) is 0 Å². The number of benzene rings is 1. The van der Waals surface area contributed by atoms with E-state index in [-0.39, 0.29) is 11.9 Å². The number of methoxy groups -OCH3 is 1. The van der Waals surface area contributed by atoms with E-state index in [0.29, 0.717) is 5.92 Å². The first-order valence-electron chi connectivity index (χ1n) is 5.89. The fourth-order valence-corrected chi connectivity index (χ4v) is 2.03. The van der Waals surface area contributed by atoms with E-state index < -0.39 is 0 Å². The summed E-state index contributed by atoms with van der Waals surface area (Å²) in [6.07, 6.45) is 3.49. The fraction of sp³-hybridized carbons (Fsp3) is 0.500. The molecule has 86 valence electrons. The zero-order valence-corrected chi connectivity index (χ0v) is 9.90. The Labute approximate surface area is 96.6 Å². The smallest absolute Gasteiger partial charge is 0.191 e. The molecule has 1 aromatic carbocycles. The van der Waals surface area contributed by atoms with Crippen LogP contribution in [-0.4, -0.2) is 19.0 Å². The maximum Gasteiger partial charge on any atom is 0.191 e. The van der Waals surface area contributed by atoms with Gasteiger partial charge in [0.2, 0.25) is 0 Å². The maximum atomic E-state index is 11.9. The first kappa shape index (κ1) is 11.3. The van der Waals surface area contributed by atoms with Crippen LogP contribution in [0.25, 0.3) is 0 Å². The van der Waals surface area contributed by atoms with Crippen LogP contribution in [0.3, 0.4) is 0 Å². The Morgan fingerprint density at radius 2 is 2.19 bits per heavy atom. The van der Waals surface area contributed by atoms with E-state index in [1.807, 2.05) is 18.2 Å². The summed E-state index contributed by atoms with van der Waals surface area (Å²) in [6, 6.07) is 8.00. The van der Waals surface area contributed by atoms with Crippen LogP contribution in [0.1, 0.15) is 48.0 Å². The summed E-state index contributed by atoms with van der Waals surface area (Å²) in [5.41, 5.74) is 2.08. The molecule has 0 radical (unpaired) electrons. The van der Waals surface area contributed by atoms with Gasteiger partial charge in [0.05, 0.1) is 0 Å². The number of hydrogen-bond donors (Lipinski definition) is 0. The van der Waals surface area contributed by atoms with Gasteiger partial charge in [0.1, 0.15) is 6.10 Å². The van der Waals surface area contributed by atoms with Crippen molar-refractivity contribution in [2.45, 2.75) is 38.2 Å². The second-order valence-electron chi connectivity index (χ2n) is 4.50. The second-order valence-corrected chi connectivity index (χ2v) is 4.50. The molecule has 0 aliphatic heterocycles. The van der Waals surface area contributed by atoms with Crippen molar-refractivity contribution in [3.05, 3.63) is 35.4 Å². The van der Waals surface area contributed by atoms with Crippen molar-refractivity contribution in [3.63, 3.8) is 0 Å². The van der Waals surface area contributed by atoms with Crippen LogP contribution in [0, 0.1) is 0 Å². The first-order valence-corrected chi connectivity index (χ1v) is 5.89. The fourth-order valence-electron chi connectivity index (χ4n) is 2.03. The van der Waals surface area contributed by atoms with Gasteiger partial charge in [-0.1, -0.05) is 24.6 Å². The molecule has 2 heteroatoms. The number of carbonyl (C=O) groups is 1. The highest BCUT2D eigenvalue weighted by Crippen LogP contribution is 2.36. The van der Waals surface area contributed by atoms with Gasteiger partial charge in [-0.3, -0.25) is 4.79 Å². The summed E-state index contributed by atoms with van der Waals surface area (Å²) in [7, 11) is 1.57. The van der Waals surface area contributed by atoms with Crippen LogP contribution < -0.4 is 0 Å². The molecule has 1 fully saturated rings. The van der Waals surface area contributed by atoms with E-state index in [1.54, 1.807) is 14.0 Å². The average molecular weight is 218 g/mol. The topological polar surface area (TPSA) is 26.3 Å². The standard InChI is InChI=1S/C14H18O2/c1-10(16-2)14(15)13-8-4-7-12(9-13)11-5-3-6-11/h4,7-11H,3,5-6H2,1-2H3. The lowest BCUT2D eigenvalue weighted by atomic mass is 9.79. The molecule has 0 spiro atoms. The van der Waals surface area contributed by atoms with Crippen molar-refractivity contribution in [3.8, 4) is 0 Å². The minimum atomic E-state index is -0.350. The molecule has 0 saturated heterocycles. The van der Waals surface area contributed by atoms with E-state index in [4.69, 9.17) is 4.74 Å². The third-order valence-electron chi connectivity index (χ3n) is 3.47. The summed E-state index contributed by atoms with van der Waals surface area (Å²) in [5.74, 6) is 0.745. The Bertz CT molecular complexity index is 380. The van der Waals surface area contributed by atoms with Crippen molar-refractivity contribution < 1.29 is 9.53 Å². The highest BCUT2D eigenvalue weighted by molar-refractivity contribution is 5.99. The van der Waals surface area contributed by atoms with Gasteiger partial charge < -0.3 is 4.74 Å². The van der Waals surface area contributed by atoms with Gasteiger partial charge in [-0.15, -0.1) is 0 Å². The number of ketones is 1. The van der Waals surface area contributed by atoms with E-state index in [1.165, 1.54) is 24.8 Å². The van der Waals surface area contributed by atoms with Crippen molar-refractivity contribution in [2.24, 2.45) is 0 Å². The molecule has 2 nitrogen and oxygen atoms in total. The van der Waals surface area contributed by atoms with E-state index >= 15 is 0 Å². The molecule has 1 aliphatic carbocycles. The molecule has 0 heterocycles.